The van der Waals surface area contributed by atoms with Gasteiger partial charge in [0.2, 0.25) is 0 Å². The van der Waals surface area contributed by atoms with Crippen LogP contribution in [0.1, 0.15) is 15.9 Å². The SMILES string of the molecule is O=C(NCc1cccnc1-n1cccn1)c1ccc(I)cc1. The Morgan fingerprint density at radius 1 is 1.14 bits per heavy atom. The molecule has 0 spiro atoms. The molecule has 5 nitrogen and oxygen atoms in total. The fourth-order valence-electron chi connectivity index (χ4n) is 2.05. The van der Waals surface area contributed by atoms with E-state index >= 15 is 0 Å². The van der Waals surface area contributed by atoms with Crippen LogP contribution in [0.25, 0.3) is 5.82 Å². The molecule has 0 radical (unpaired) electrons. The Hall–Kier alpha value is -2.22. The molecular weight excluding hydrogens is 391 g/mol. The lowest BCUT2D eigenvalue weighted by Crippen LogP contribution is -2.23. The van der Waals surface area contributed by atoms with Crippen molar-refractivity contribution in [3.8, 4) is 5.82 Å². The van der Waals surface area contributed by atoms with Gasteiger partial charge in [0.25, 0.3) is 5.91 Å². The van der Waals surface area contributed by atoms with Gasteiger partial charge in [0, 0.05) is 39.8 Å². The van der Waals surface area contributed by atoms with E-state index in [-0.39, 0.29) is 5.91 Å². The first kappa shape index (κ1) is 14.7. The first-order chi connectivity index (χ1) is 10.7. The second-order valence-corrected chi connectivity index (χ2v) is 5.87. The van der Waals surface area contributed by atoms with Crippen LogP contribution in [0.4, 0.5) is 0 Å². The summed E-state index contributed by atoms with van der Waals surface area (Å²) in [4.78, 5) is 16.5. The molecule has 0 saturated heterocycles. The molecule has 6 heteroatoms. The van der Waals surface area contributed by atoms with Crippen molar-refractivity contribution < 1.29 is 4.79 Å². The summed E-state index contributed by atoms with van der Waals surface area (Å²) < 4.78 is 2.79. The van der Waals surface area contributed by atoms with Gasteiger partial charge in [-0.05, 0) is 59.0 Å². The van der Waals surface area contributed by atoms with Crippen molar-refractivity contribution in [2.24, 2.45) is 0 Å². The zero-order valence-corrected chi connectivity index (χ0v) is 13.8. The summed E-state index contributed by atoms with van der Waals surface area (Å²) in [7, 11) is 0. The molecule has 1 aromatic carbocycles. The Morgan fingerprint density at radius 3 is 2.68 bits per heavy atom. The van der Waals surface area contributed by atoms with Crippen LogP contribution < -0.4 is 5.32 Å². The van der Waals surface area contributed by atoms with Crippen LogP contribution in [0.15, 0.2) is 61.1 Å². The molecule has 2 aromatic heterocycles. The molecule has 1 N–H and O–H groups in total. The van der Waals surface area contributed by atoms with Crippen LogP contribution in [0.5, 0.6) is 0 Å². The fraction of sp³-hybridized carbons (Fsp3) is 0.0625. The molecule has 22 heavy (non-hydrogen) atoms. The quantitative estimate of drug-likeness (QED) is 0.681. The number of hydrogen-bond acceptors (Lipinski definition) is 3. The number of halogens is 1. The number of aromatic nitrogens is 3. The minimum Gasteiger partial charge on any atom is -0.348 e. The molecule has 0 fully saturated rings. The summed E-state index contributed by atoms with van der Waals surface area (Å²) in [5.41, 5.74) is 1.55. The van der Waals surface area contributed by atoms with Crippen LogP contribution in [0.2, 0.25) is 0 Å². The van der Waals surface area contributed by atoms with E-state index in [9.17, 15) is 4.79 Å². The van der Waals surface area contributed by atoms with Gasteiger partial charge in [0.15, 0.2) is 5.82 Å². The number of pyridine rings is 1. The molecule has 2 heterocycles. The van der Waals surface area contributed by atoms with E-state index in [0.717, 1.165) is 15.0 Å². The smallest absolute Gasteiger partial charge is 0.251 e. The highest BCUT2D eigenvalue weighted by molar-refractivity contribution is 14.1. The maximum Gasteiger partial charge on any atom is 0.251 e. The van der Waals surface area contributed by atoms with Gasteiger partial charge in [0.1, 0.15) is 0 Å². The second kappa shape index (κ2) is 6.69. The molecule has 0 aliphatic carbocycles. The number of nitrogens with zero attached hydrogens (tertiary/aromatic N) is 3. The average molecular weight is 404 g/mol. The molecule has 3 rings (SSSR count). The highest BCUT2D eigenvalue weighted by atomic mass is 127. The van der Waals surface area contributed by atoms with E-state index < -0.39 is 0 Å². The standard InChI is InChI=1S/C16H13IN4O/c17-14-6-4-12(5-7-14)16(22)19-11-13-3-1-8-18-15(13)21-10-2-9-20-21/h1-10H,11H2,(H,19,22). The maximum atomic E-state index is 12.2. The van der Waals surface area contributed by atoms with Crippen LogP contribution in [-0.2, 0) is 6.54 Å². The number of carbonyl (C=O) groups is 1. The third-order valence-electron chi connectivity index (χ3n) is 3.13. The van der Waals surface area contributed by atoms with Crippen molar-refractivity contribution in [2.75, 3.05) is 0 Å². The molecular formula is C16H13IN4O. The van der Waals surface area contributed by atoms with Crippen LogP contribution >= 0.6 is 22.6 Å². The van der Waals surface area contributed by atoms with E-state index in [1.165, 1.54) is 0 Å². The number of carbonyl (C=O) groups excluding carboxylic acids is 1. The van der Waals surface area contributed by atoms with Crippen molar-refractivity contribution >= 4 is 28.5 Å². The minimum absolute atomic E-state index is 0.105. The first-order valence-electron chi connectivity index (χ1n) is 6.72. The van der Waals surface area contributed by atoms with Gasteiger partial charge in [-0.1, -0.05) is 6.07 Å². The monoisotopic (exact) mass is 404 g/mol. The molecule has 0 atom stereocenters. The van der Waals surface area contributed by atoms with Gasteiger partial charge in [-0.25, -0.2) is 9.67 Å². The fourth-order valence-corrected chi connectivity index (χ4v) is 2.41. The van der Waals surface area contributed by atoms with Crippen molar-refractivity contribution in [3.63, 3.8) is 0 Å². The van der Waals surface area contributed by atoms with Crippen molar-refractivity contribution in [1.29, 1.82) is 0 Å². The highest BCUT2D eigenvalue weighted by Crippen LogP contribution is 2.11. The van der Waals surface area contributed by atoms with E-state index in [1.807, 2.05) is 48.7 Å². The van der Waals surface area contributed by atoms with Gasteiger partial charge < -0.3 is 5.32 Å². The number of nitrogens with one attached hydrogen (secondary N) is 1. The number of amides is 1. The van der Waals surface area contributed by atoms with E-state index in [2.05, 4.69) is 38.0 Å². The van der Waals surface area contributed by atoms with E-state index in [4.69, 9.17) is 0 Å². The zero-order valence-electron chi connectivity index (χ0n) is 11.6. The zero-order chi connectivity index (χ0) is 15.4. The van der Waals surface area contributed by atoms with Gasteiger partial charge in [-0.2, -0.15) is 5.10 Å². The van der Waals surface area contributed by atoms with Crippen LogP contribution in [-0.4, -0.2) is 20.7 Å². The van der Waals surface area contributed by atoms with Gasteiger partial charge in [0.05, 0.1) is 0 Å². The number of hydrogen-bond donors (Lipinski definition) is 1. The van der Waals surface area contributed by atoms with Crippen molar-refractivity contribution in [2.45, 2.75) is 6.54 Å². The Morgan fingerprint density at radius 2 is 1.95 bits per heavy atom. The molecule has 0 aliphatic heterocycles. The summed E-state index contributed by atoms with van der Waals surface area (Å²) in [5.74, 6) is 0.613. The molecule has 0 unspecified atom stereocenters. The normalized spacial score (nSPS) is 10.4. The lowest BCUT2D eigenvalue weighted by molar-refractivity contribution is 0.0951. The lowest BCUT2D eigenvalue weighted by atomic mass is 10.2. The summed E-state index contributed by atoms with van der Waals surface area (Å²) in [6.45, 7) is 0.397. The molecule has 0 saturated carbocycles. The summed E-state index contributed by atoms with van der Waals surface area (Å²) >= 11 is 2.21. The minimum atomic E-state index is -0.105. The predicted molar refractivity (Wildman–Crippen MR) is 91.7 cm³/mol. The molecule has 110 valence electrons. The topological polar surface area (TPSA) is 59.8 Å². The lowest BCUT2D eigenvalue weighted by Gasteiger charge is -2.09. The molecule has 0 bridgehead atoms. The summed E-state index contributed by atoms with van der Waals surface area (Å²) in [6.07, 6.45) is 5.23. The number of rotatable bonds is 4. The van der Waals surface area contributed by atoms with Crippen molar-refractivity contribution in [1.82, 2.24) is 20.1 Å². The third kappa shape index (κ3) is 3.33. The van der Waals surface area contributed by atoms with Gasteiger partial charge >= 0.3 is 0 Å². The summed E-state index contributed by atoms with van der Waals surface area (Å²) in [6, 6.07) is 13.1. The Bertz CT molecular complexity index is 769. The van der Waals surface area contributed by atoms with Gasteiger partial charge in [-0.3, -0.25) is 4.79 Å². The molecule has 1 amide bonds. The summed E-state index contributed by atoms with van der Waals surface area (Å²) in [5, 5.41) is 7.10. The van der Waals surface area contributed by atoms with Crippen LogP contribution in [0, 0.1) is 3.57 Å². The Labute approximate surface area is 141 Å². The van der Waals surface area contributed by atoms with Crippen molar-refractivity contribution in [3.05, 3.63) is 75.8 Å². The molecule has 0 aliphatic rings. The number of benzene rings is 1. The first-order valence-corrected chi connectivity index (χ1v) is 7.79. The van der Waals surface area contributed by atoms with E-state index in [0.29, 0.717) is 12.1 Å². The second-order valence-electron chi connectivity index (χ2n) is 4.63. The van der Waals surface area contributed by atoms with E-state index in [1.54, 1.807) is 17.1 Å². The maximum absolute atomic E-state index is 12.2. The van der Waals surface area contributed by atoms with Crippen LogP contribution in [0.3, 0.4) is 0 Å². The molecule has 3 aromatic rings. The predicted octanol–water partition coefficient (Wildman–Crippen LogP) is 2.80. The Balaban J connectivity index is 1.74. The third-order valence-corrected chi connectivity index (χ3v) is 3.85. The van der Waals surface area contributed by atoms with Gasteiger partial charge in [-0.15, -0.1) is 0 Å². The largest absolute Gasteiger partial charge is 0.348 e. The Kier molecular flexibility index (Phi) is 4.47. The highest BCUT2D eigenvalue weighted by Gasteiger charge is 2.09. The average Bonchev–Trinajstić information content (AvgIpc) is 3.08.